The van der Waals surface area contributed by atoms with Crippen LogP contribution >= 0.6 is 0 Å². The minimum atomic E-state index is -0.139. The number of carbonyl (C=O) groups is 1. The lowest BCUT2D eigenvalue weighted by molar-refractivity contribution is 0.0580. The Morgan fingerprint density at radius 3 is 2.10 bits per heavy atom. The molecule has 0 aliphatic carbocycles. The first kappa shape index (κ1) is 29.3. The molecule has 0 unspecified atom stereocenters. The molecule has 2 aliphatic heterocycles. The molecule has 2 atom stereocenters. The molecule has 41 heavy (non-hydrogen) atoms. The summed E-state index contributed by atoms with van der Waals surface area (Å²) in [7, 11) is 3.58. The summed E-state index contributed by atoms with van der Waals surface area (Å²) in [5.41, 5.74) is 5.62. The maximum atomic E-state index is 12.9. The molecule has 2 fully saturated rings. The molecule has 0 aromatic heterocycles. The first-order valence-corrected chi connectivity index (χ1v) is 14.9. The van der Waals surface area contributed by atoms with Gasteiger partial charge in [0.1, 0.15) is 0 Å². The summed E-state index contributed by atoms with van der Waals surface area (Å²) in [6, 6.07) is 28.0. The number of nitrogens with one attached hydrogen (secondary N) is 2. The molecule has 7 nitrogen and oxygen atoms in total. The van der Waals surface area contributed by atoms with Crippen LogP contribution in [-0.2, 0) is 22.6 Å². The highest BCUT2D eigenvalue weighted by molar-refractivity contribution is 5.94. The van der Waals surface area contributed by atoms with Crippen LogP contribution in [0.1, 0.15) is 36.8 Å². The summed E-state index contributed by atoms with van der Waals surface area (Å²) >= 11 is 0. The van der Waals surface area contributed by atoms with Gasteiger partial charge >= 0.3 is 6.03 Å². The van der Waals surface area contributed by atoms with Crippen molar-refractivity contribution in [1.82, 2.24) is 15.1 Å². The van der Waals surface area contributed by atoms with Crippen molar-refractivity contribution in [3.63, 3.8) is 0 Å². The first-order valence-electron chi connectivity index (χ1n) is 14.9. The number of anilines is 1. The molecule has 0 bridgehead atoms. The maximum Gasteiger partial charge on any atom is 0.319 e. The van der Waals surface area contributed by atoms with E-state index in [1.807, 2.05) is 42.5 Å². The van der Waals surface area contributed by atoms with E-state index < -0.39 is 0 Å². The minimum absolute atomic E-state index is 0.139. The quantitative estimate of drug-likeness (QED) is 0.314. The van der Waals surface area contributed by atoms with Gasteiger partial charge in [-0.3, -0.25) is 9.80 Å². The number of para-hydroxylation sites is 1. The number of benzene rings is 3. The third-order valence-corrected chi connectivity index (χ3v) is 8.43. The predicted molar refractivity (Wildman–Crippen MR) is 165 cm³/mol. The fraction of sp³-hybridized carbons (Fsp3) is 0.441. The lowest BCUT2D eigenvalue weighted by Crippen LogP contribution is -2.45. The molecule has 218 valence electrons. The molecule has 2 saturated heterocycles. The Balaban J connectivity index is 1.11. The van der Waals surface area contributed by atoms with Crippen molar-refractivity contribution >= 4 is 11.7 Å². The minimum Gasteiger partial charge on any atom is -0.383 e. The number of piperidine rings is 1. The number of likely N-dealkylation sites (tertiary alicyclic amines) is 2. The fourth-order valence-corrected chi connectivity index (χ4v) is 6.35. The molecule has 5 rings (SSSR count). The summed E-state index contributed by atoms with van der Waals surface area (Å²) in [6.45, 7) is 5.31. The van der Waals surface area contributed by atoms with Gasteiger partial charge in [-0.25, -0.2) is 4.79 Å². The topological polar surface area (TPSA) is 66.1 Å². The zero-order valence-corrected chi connectivity index (χ0v) is 24.4. The number of methoxy groups -OCH3 is 2. The van der Waals surface area contributed by atoms with Crippen molar-refractivity contribution in [2.75, 3.05) is 45.8 Å². The number of ether oxygens (including phenoxy) is 2. The summed E-state index contributed by atoms with van der Waals surface area (Å²) in [5.74, 6) is 0. The van der Waals surface area contributed by atoms with Crippen molar-refractivity contribution in [1.29, 1.82) is 0 Å². The summed E-state index contributed by atoms with van der Waals surface area (Å²) in [5, 5.41) is 6.29. The second kappa shape index (κ2) is 14.6. The van der Waals surface area contributed by atoms with Crippen molar-refractivity contribution in [3.8, 4) is 11.1 Å². The van der Waals surface area contributed by atoms with Crippen LogP contribution in [0, 0.1) is 0 Å². The Morgan fingerprint density at radius 1 is 0.780 bits per heavy atom. The van der Waals surface area contributed by atoms with E-state index in [0.717, 1.165) is 81.9 Å². The lowest BCUT2D eigenvalue weighted by atomic mass is 10.0. The molecule has 0 radical (unpaired) electrons. The maximum absolute atomic E-state index is 12.9. The SMILES string of the molecule is COC[C@H]1CC[C@H](COC)N1Cc1cccc(CN2CCC(NC(=O)Nc3ccccc3-c3ccccc3)CC2)c1. The van der Waals surface area contributed by atoms with Gasteiger partial charge in [-0.2, -0.15) is 0 Å². The van der Waals surface area contributed by atoms with Gasteiger partial charge in [-0.05, 0) is 48.4 Å². The summed E-state index contributed by atoms with van der Waals surface area (Å²) in [6.07, 6.45) is 4.20. The summed E-state index contributed by atoms with van der Waals surface area (Å²) in [4.78, 5) is 17.9. The van der Waals surface area contributed by atoms with Gasteiger partial charge in [0.25, 0.3) is 0 Å². The zero-order chi connectivity index (χ0) is 28.4. The molecule has 2 aliphatic rings. The first-order chi connectivity index (χ1) is 20.1. The Kier molecular flexibility index (Phi) is 10.4. The van der Waals surface area contributed by atoms with Crippen LogP contribution in [0.5, 0.6) is 0 Å². The molecule has 3 aromatic rings. The highest BCUT2D eigenvalue weighted by Gasteiger charge is 2.33. The fourth-order valence-electron chi connectivity index (χ4n) is 6.35. The smallest absolute Gasteiger partial charge is 0.319 e. The van der Waals surface area contributed by atoms with E-state index in [4.69, 9.17) is 9.47 Å². The van der Waals surface area contributed by atoms with Crippen LogP contribution in [0.15, 0.2) is 78.9 Å². The van der Waals surface area contributed by atoms with E-state index in [0.29, 0.717) is 12.1 Å². The molecule has 0 saturated carbocycles. The van der Waals surface area contributed by atoms with Crippen molar-refractivity contribution in [3.05, 3.63) is 90.0 Å². The van der Waals surface area contributed by atoms with Gasteiger partial charge in [-0.1, -0.05) is 72.8 Å². The second-order valence-electron chi connectivity index (χ2n) is 11.3. The number of hydrogen-bond donors (Lipinski definition) is 2. The molecule has 0 spiro atoms. The molecular weight excluding hydrogens is 512 g/mol. The number of nitrogens with zero attached hydrogens (tertiary/aromatic N) is 2. The number of hydrogen-bond acceptors (Lipinski definition) is 5. The number of carbonyl (C=O) groups excluding carboxylic acids is 1. The highest BCUT2D eigenvalue weighted by Crippen LogP contribution is 2.29. The van der Waals surface area contributed by atoms with E-state index in [1.165, 1.54) is 11.1 Å². The monoisotopic (exact) mass is 556 g/mol. The third kappa shape index (κ3) is 7.95. The largest absolute Gasteiger partial charge is 0.383 e. The van der Waals surface area contributed by atoms with E-state index in [1.54, 1.807) is 14.2 Å². The van der Waals surface area contributed by atoms with Gasteiger partial charge in [0.05, 0.1) is 18.9 Å². The average molecular weight is 557 g/mol. The molecular formula is C34H44N4O3. The van der Waals surface area contributed by atoms with Crippen molar-refractivity contribution in [2.45, 2.75) is 56.9 Å². The van der Waals surface area contributed by atoms with Crippen molar-refractivity contribution in [2.24, 2.45) is 0 Å². The van der Waals surface area contributed by atoms with E-state index in [2.05, 4.69) is 56.8 Å². The van der Waals surface area contributed by atoms with Gasteiger partial charge in [0.2, 0.25) is 0 Å². The van der Waals surface area contributed by atoms with Gasteiger partial charge in [0.15, 0.2) is 0 Å². The standard InChI is InChI=1S/C34H44N4O3/c1-40-24-30-15-16-31(25-41-2)38(30)23-27-10-8-9-26(21-27)22-37-19-17-29(18-20-37)35-34(39)36-33-14-7-6-13-32(33)28-11-4-3-5-12-28/h3-14,21,29-31H,15-20,22-25H2,1-2H3,(H2,35,36,39)/t30-,31-/m1/s1. The van der Waals surface area contributed by atoms with Crippen LogP contribution in [0.2, 0.25) is 0 Å². The third-order valence-electron chi connectivity index (χ3n) is 8.43. The number of amides is 2. The molecule has 2 amide bonds. The van der Waals surface area contributed by atoms with E-state index in [-0.39, 0.29) is 12.1 Å². The predicted octanol–water partition coefficient (Wildman–Crippen LogP) is 5.77. The Morgan fingerprint density at radius 2 is 1.41 bits per heavy atom. The normalized spacial score (nSPS) is 20.2. The average Bonchev–Trinajstić information content (AvgIpc) is 3.36. The van der Waals surface area contributed by atoms with Crippen LogP contribution in [0.25, 0.3) is 11.1 Å². The molecule has 2 N–H and O–H groups in total. The summed E-state index contributed by atoms with van der Waals surface area (Å²) < 4.78 is 11.0. The van der Waals surface area contributed by atoms with Gasteiger partial charge in [-0.15, -0.1) is 0 Å². The van der Waals surface area contributed by atoms with Gasteiger partial charge in [0, 0.05) is 64.1 Å². The Bertz CT molecular complexity index is 1230. The lowest BCUT2D eigenvalue weighted by Gasteiger charge is -2.32. The van der Waals surface area contributed by atoms with Crippen LogP contribution in [0.4, 0.5) is 10.5 Å². The van der Waals surface area contributed by atoms with Crippen LogP contribution in [0.3, 0.4) is 0 Å². The Labute approximate surface area is 244 Å². The van der Waals surface area contributed by atoms with Gasteiger partial charge < -0.3 is 20.1 Å². The highest BCUT2D eigenvalue weighted by atomic mass is 16.5. The van der Waals surface area contributed by atoms with Crippen LogP contribution < -0.4 is 10.6 Å². The molecule has 7 heteroatoms. The molecule has 2 heterocycles. The van der Waals surface area contributed by atoms with Crippen molar-refractivity contribution < 1.29 is 14.3 Å². The van der Waals surface area contributed by atoms with Crippen LogP contribution in [-0.4, -0.2) is 74.5 Å². The van der Waals surface area contributed by atoms with E-state index in [9.17, 15) is 4.79 Å². The number of rotatable bonds is 11. The zero-order valence-electron chi connectivity index (χ0n) is 24.4. The Hall–Kier alpha value is -3.23. The number of urea groups is 1. The van der Waals surface area contributed by atoms with E-state index >= 15 is 0 Å². The second-order valence-corrected chi connectivity index (χ2v) is 11.3. The molecule has 3 aromatic carbocycles.